The number of rotatable bonds is 5. The number of ether oxygens (including phenoxy) is 3. The molecule has 0 N–H and O–H groups in total. The molecule has 0 amide bonds. The Morgan fingerprint density at radius 2 is 2.00 bits per heavy atom. The van der Waals surface area contributed by atoms with Crippen LogP contribution in [0.25, 0.3) is 6.08 Å². The standard InChI is InChI=1S/C17H24O3/c1-13(2)20-17-15(5-4-12-19-17)9-6-14-7-10-16(18-3)11-8-14/h6-11,13,15,17H,4-5,12H2,1-3H3/b9-6+/t15-,17-/m1/s1. The molecule has 3 nitrogen and oxygen atoms in total. The molecule has 0 aliphatic carbocycles. The third-order valence-corrected chi connectivity index (χ3v) is 3.37. The minimum absolute atomic E-state index is 0.113. The largest absolute Gasteiger partial charge is 0.497 e. The van der Waals surface area contributed by atoms with Crippen LogP contribution in [0.2, 0.25) is 0 Å². The molecular formula is C17H24O3. The van der Waals surface area contributed by atoms with Crippen LogP contribution < -0.4 is 4.74 Å². The van der Waals surface area contributed by atoms with Gasteiger partial charge in [-0.2, -0.15) is 0 Å². The van der Waals surface area contributed by atoms with Gasteiger partial charge in [-0.05, 0) is 44.4 Å². The highest BCUT2D eigenvalue weighted by Gasteiger charge is 2.25. The Labute approximate surface area is 121 Å². The molecule has 1 aromatic carbocycles. The van der Waals surface area contributed by atoms with Crippen molar-refractivity contribution in [2.45, 2.75) is 39.1 Å². The van der Waals surface area contributed by atoms with Crippen molar-refractivity contribution in [3.63, 3.8) is 0 Å². The fraction of sp³-hybridized carbons (Fsp3) is 0.529. The predicted molar refractivity (Wildman–Crippen MR) is 80.7 cm³/mol. The zero-order chi connectivity index (χ0) is 14.4. The zero-order valence-corrected chi connectivity index (χ0v) is 12.5. The number of hydrogen-bond donors (Lipinski definition) is 0. The lowest BCUT2D eigenvalue weighted by atomic mass is 9.98. The summed E-state index contributed by atoms with van der Waals surface area (Å²) in [5.74, 6) is 1.21. The van der Waals surface area contributed by atoms with Crippen LogP contribution >= 0.6 is 0 Å². The molecule has 1 aliphatic rings. The Balaban J connectivity index is 1.99. The van der Waals surface area contributed by atoms with E-state index in [0.717, 1.165) is 25.2 Å². The summed E-state index contributed by atoms with van der Waals surface area (Å²) in [5, 5.41) is 0. The third kappa shape index (κ3) is 4.36. The Morgan fingerprint density at radius 1 is 1.25 bits per heavy atom. The average molecular weight is 276 g/mol. The van der Waals surface area contributed by atoms with Crippen LogP contribution in [0.4, 0.5) is 0 Å². The van der Waals surface area contributed by atoms with Crippen molar-refractivity contribution in [1.29, 1.82) is 0 Å². The van der Waals surface area contributed by atoms with E-state index in [1.165, 1.54) is 5.56 Å². The van der Waals surface area contributed by atoms with Gasteiger partial charge in [0.1, 0.15) is 5.75 Å². The first-order valence-corrected chi connectivity index (χ1v) is 7.28. The summed E-state index contributed by atoms with van der Waals surface area (Å²) >= 11 is 0. The van der Waals surface area contributed by atoms with E-state index in [2.05, 4.69) is 24.3 Å². The van der Waals surface area contributed by atoms with Gasteiger partial charge in [-0.3, -0.25) is 0 Å². The molecule has 1 fully saturated rings. The first-order chi connectivity index (χ1) is 9.69. The smallest absolute Gasteiger partial charge is 0.164 e. The fourth-order valence-corrected chi connectivity index (χ4v) is 2.32. The maximum atomic E-state index is 5.84. The van der Waals surface area contributed by atoms with Gasteiger partial charge in [0.15, 0.2) is 6.29 Å². The Kier molecular flexibility index (Phi) is 5.62. The third-order valence-electron chi connectivity index (χ3n) is 3.37. The van der Waals surface area contributed by atoms with Gasteiger partial charge in [0.05, 0.1) is 13.2 Å². The van der Waals surface area contributed by atoms with Crippen LogP contribution in [0, 0.1) is 5.92 Å². The molecule has 1 saturated heterocycles. The minimum Gasteiger partial charge on any atom is -0.497 e. The maximum absolute atomic E-state index is 5.84. The lowest BCUT2D eigenvalue weighted by Crippen LogP contribution is -2.32. The molecule has 0 saturated carbocycles. The van der Waals surface area contributed by atoms with E-state index in [-0.39, 0.29) is 12.4 Å². The van der Waals surface area contributed by atoms with E-state index in [1.54, 1.807) is 7.11 Å². The number of hydrogen-bond acceptors (Lipinski definition) is 3. The maximum Gasteiger partial charge on any atom is 0.164 e. The van der Waals surface area contributed by atoms with Crippen LogP contribution in [0.3, 0.4) is 0 Å². The van der Waals surface area contributed by atoms with Gasteiger partial charge in [0, 0.05) is 12.5 Å². The van der Waals surface area contributed by atoms with E-state index in [0.29, 0.717) is 5.92 Å². The molecule has 1 heterocycles. The first-order valence-electron chi connectivity index (χ1n) is 7.28. The summed E-state index contributed by atoms with van der Waals surface area (Å²) in [6, 6.07) is 8.05. The summed E-state index contributed by atoms with van der Waals surface area (Å²) < 4.78 is 16.7. The Morgan fingerprint density at radius 3 is 2.65 bits per heavy atom. The topological polar surface area (TPSA) is 27.7 Å². The van der Waals surface area contributed by atoms with Gasteiger partial charge in [0.2, 0.25) is 0 Å². The van der Waals surface area contributed by atoms with E-state index in [9.17, 15) is 0 Å². The summed E-state index contributed by atoms with van der Waals surface area (Å²) in [6.07, 6.45) is 6.62. The molecule has 1 aromatic rings. The number of methoxy groups -OCH3 is 1. The van der Waals surface area contributed by atoms with Gasteiger partial charge < -0.3 is 14.2 Å². The molecule has 0 unspecified atom stereocenters. The lowest BCUT2D eigenvalue weighted by Gasteiger charge is -2.31. The van der Waals surface area contributed by atoms with Crippen LogP contribution in [-0.2, 0) is 9.47 Å². The average Bonchev–Trinajstić information content (AvgIpc) is 2.46. The Bertz CT molecular complexity index is 422. The van der Waals surface area contributed by atoms with E-state index in [1.807, 2.05) is 26.0 Å². The van der Waals surface area contributed by atoms with Crippen molar-refractivity contribution in [1.82, 2.24) is 0 Å². The molecule has 2 atom stereocenters. The lowest BCUT2D eigenvalue weighted by molar-refractivity contribution is -0.199. The van der Waals surface area contributed by atoms with E-state index >= 15 is 0 Å². The molecule has 20 heavy (non-hydrogen) atoms. The van der Waals surface area contributed by atoms with Crippen molar-refractivity contribution in [2.24, 2.45) is 5.92 Å². The van der Waals surface area contributed by atoms with Crippen molar-refractivity contribution < 1.29 is 14.2 Å². The summed E-state index contributed by atoms with van der Waals surface area (Å²) in [4.78, 5) is 0. The molecular weight excluding hydrogens is 252 g/mol. The van der Waals surface area contributed by atoms with Gasteiger partial charge >= 0.3 is 0 Å². The summed E-state index contributed by atoms with van der Waals surface area (Å²) in [7, 11) is 1.68. The summed E-state index contributed by atoms with van der Waals surface area (Å²) in [6.45, 7) is 4.88. The molecule has 0 aromatic heterocycles. The number of benzene rings is 1. The van der Waals surface area contributed by atoms with Crippen molar-refractivity contribution >= 4 is 6.08 Å². The van der Waals surface area contributed by atoms with Gasteiger partial charge in [0.25, 0.3) is 0 Å². The van der Waals surface area contributed by atoms with Crippen LogP contribution in [0.1, 0.15) is 32.3 Å². The SMILES string of the molecule is COc1ccc(/C=C/[C@H]2CCCO[C@@H]2OC(C)C)cc1. The van der Waals surface area contributed by atoms with Crippen LogP contribution in [-0.4, -0.2) is 26.1 Å². The van der Waals surface area contributed by atoms with Crippen molar-refractivity contribution in [3.05, 3.63) is 35.9 Å². The van der Waals surface area contributed by atoms with Crippen LogP contribution in [0.15, 0.2) is 30.3 Å². The second-order valence-electron chi connectivity index (χ2n) is 5.36. The zero-order valence-electron chi connectivity index (χ0n) is 12.5. The highest BCUT2D eigenvalue weighted by atomic mass is 16.7. The Hall–Kier alpha value is -1.32. The first kappa shape index (κ1) is 15.1. The summed E-state index contributed by atoms with van der Waals surface area (Å²) in [5.41, 5.74) is 1.17. The van der Waals surface area contributed by atoms with Crippen LogP contribution in [0.5, 0.6) is 5.75 Å². The highest BCUT2D eigenvalue weighted by Crippen LogP contribution is 2.25. The van der Waals surface area contributed by atoms with Gasteiger partial charge in [-0.25, -0.2) is 0 Å². The van der Waals surface area contributed by atoms with Crippen molar-refractivity contribution in [2.75, 3.05) is 13.7 Å². The normalized spacial score (nSPS) is 23.4. The molecule has 110 valence electrons. The molecule has 1 aliphatic heterocycles. The van der Waals surface area contributed by atoms with E-state index < -0.39 is 0 Å². The monoisotopic (exact) mass is 276 g/mol. The van der Waals surface area contributed by atoms with Gasteiger partial charge in [-0.1, -0.05) is 24.3 Å². The van der Waals surface area contributed by atoms with Gasteiger partial charge in [-0.15, -0.1) is 0 Å². The second kappa shape index (κ2) is 7.46. The molecule has 0 bridgehead atoms. The quantitative estimate of drug-likeness (QED) is 0.816. The molecule has 0 spiro atoms. The fourth-order valence-electron chi connectivity index (χ4n) is 2.32. The molecule has 0 radical (unpaired) electrons. The predicted octanol–water partition coefficient (Wildman–Crippen LogP) is 3.89. The van der Waals surface area contributed by atoms with E-state index in [4.69, 9.17) is 14.2 Å². The molecule has 3 heteroatoms. The highest BCUT2D eigenvalue weighted by molar-refractivity contribution is 5.50. The van der Waals surface area contributed by atoms with Crippen molar-refractivity contribution in [3.8, 4) is 5.75 Å². The minimum atomic E-state index is -0.113. The second-order valence-corrected chi connectivity index (χ2v) is 5.36. The molecule has 2 rings (SSSR count).